The molecule has 1 aromatic rings. The molecule has 0 bridgehead atoms. The summed E-state index contributed by atoms with van der Waals surface area (Å²) in [5.74, 6) is -0.482. The van der Waals surface area contributed by atoms with Crippen LogP contribution in [-0.4, -0.2) is 37.0 Å². The van der Waals surface area contributed by atoms with E-state index in [2.05, 4.69) is 16.0 Å². The van der Waals surface area contributed by atoms with Crippen LogP contribution in [0.4, 0.5) is 16.2 Å². The van der Waals surface area contributed by atoms with Crippen molar-refractivity contribution in [1.29, 1.82) is 0 Å². The highest BCUT2D eigenvalue weighted by atomic mass is 16.6. The van der Waals surface area contributed by atoms with Crippen molar-refractivity contribution in [3.8, 4) is 0 Å². The quantitative estimate of drug-likeness (QED) is 0.331. The Morgan fingerprint density at radius 1 is 1.30 bits per heavy atom. The molecule has 5 N–H and O–H groups in total. The lowest BCUT2D eigenvalue weighted by atomic mass is 10.1. The maximum absolute atomic E-state index is 11.9. The first-order valence-electron chi connectivity index (χ1n) is 5.74. The predicted octanol–water partition coefficient (Wildman–Crippen LogP) is 0.0346. The van der Waals surface area contributed by atoms with Crippen LogP contribution in [0.3, 0.4) is 0 Å². The number of rotatable bonds is 6. The highest BCUT2D eigenvalue weighted by Crippen LogP contribution is 2.27. The molecule has 108 valence electrons. The van der Waals surface area contributed by atoms with E-state index in [-0.39, 0.29) is 30.0 Å². The minimum Gasteiger partial charge on any atom is -0.382 e. The van der Waals surface area contributed by atoms with Crippen LogP contribution in [0.2, 0.25) is 0 Å². The first-order chi connectivity index (χ1) is 9.47. The van der Waals surface area contributed by atoms with Crippen molar-refractivity contribution < 1.29 is 14.5 Å². The van der Waals surface area contributed by atoms with E-state index in [0.717, 1.165) is 0 Å². The SMILES string of the molecule is CNc1c(C(=O)NCCNC(N)=O)cccc1[N+](=O)[O-]. The van der Waals surface area contributed by atoms with Crippen LogP contribution in [-0.2, 0) is 0 Å². The summed E-state index contributed by atoms with van der Waals surface area (Å²) in [4.78, 5) is 32.7. The fraction of sp³-hybridized carbons (Fsp3) is 0.273. The number of urea groups is 1. The Morgan fingerprint density at radius 2 is 1.95 bits per heavy atom. The molecule has 0 atom stereocenters. The number of primary amides is 1. The average molecular weight is 281 g/mol. The molecule has 20 heavy (non-hydrogen) atoms. The topological polar surface area (TPSA) is 139 Å². The fourth-order valence-electron chi connectivity index (χ4n) is 1.60. The van der Waals surface area contributed by atoms with E-state index in [0.29, 0.717) is 0 Å². The van der Waals surface area contributed by atoms with E-state index >= 15 is 0 Å². The van der Waals surface area contributed by atoms with Crippen LogP contribution >= 0.6 is 0 Å². The third kappa shape index (κ3) is 3.83. The maximum Gasteiger partial charge on any atom is 0.312 e. The van der Waals surface area contributed by atoms with Gasteiger partial charge in [-0.05, 0) is 6.07 Å². The molecule has 0 aliphatic rings. The Balaban J connectivity index is 2.80. The summed E-state index contributed by atoms with van der Waals surface area (Å²) in [5, 5.41) is 18.3. The standard InChI is InChI=1S/C11H15N5O4/c1-13-9-7(3-2-4-8(9)16(19)20)10(17)14-5-6-15-11(12)18/h2-4,13H,5-6H2,1H3,(H,14,17)(H3,12,15,18). The fourth-order valence-corrected chi connectivity index (χ4v) is 1.60. The number of hydrogen-bond acceptors (Lipinski definition) is 5. The zero-order valence-corrected chi connectivity index (χ0v) is 10.8. The molecular weight excluding hydrogens is 266 g/mol. The van der Waals surface area contributed by atoms with Crippen LogP contribution in [0.15, 0.2) is 18.2 Å². The molecule has 0 spiro atoms. The van der Waals surface area contributed by atoms with E-state index in [9.17, 15) is 19.7 Å². The van der Waals surface area contributed by atoms with E-state index in [1.54, 1.807) is 0 Å². The van der Waals surface area contributed by atoms with Crippen molar-refractivity contribution in [2.75, 3.05) is 25.5 Å². The van der Waals surface area contributed by atoms with Crippen molar-refractivity contribution in [3.05, 3.63) is 33.9 Å². The molecule has 0 radical (unpaired) electrons. The zero-order valence-electron chi connectivity index (χ0n) is 10.8. The number of nitrogens with zero attached hydrogens (tertiary/aromatic N) is 1. The second-order valence-electron chi connectivity index (χ2n) is 3.75. The van der Waals surface area contributed by atoms with Gasteiger partial charge in [0.1, 0.15) is 5.69 Å². The van der Waals surface area contributed by atoms with Gasteiger partial charge in [-0.25, -0.2) is 4.79 Å². The molecule has 3 amide bonds. The Hall–Kier alpha value is -2.84. The molecule has 0 unspecified atom stereocenters. The second kappa shape index (κ2) is 6.92. The maximum atomic E-state index is 11.9. The Bertz CT molecular complexity index is 532. The summed E-state index contributed by atoms with van der Waals surface area (Å²) in [6, 6.07) is 3.51. The zero-order chi connectivity index (χ0) is 15.1. The predicted molar refractivity (Wildman–Crippen MR) is 72.6 cm³/mol. The lowest BCUT2D eigenvalue weighted by Crippen LogP contribution is -2.37. The van der Waals surface area contributed by atoms with Crippen molar-refractivity contribution >= 4 is 23.3 Å². The van der Waals surface area contributed by atoms with Crippen molar-refractivity contribution in [1.82, 2.24) is 10.6 Å². The second-order valence-corrected chi connectivity index (χ2v) is 3.75. The van der Waals surface area contributed by atoms with E-state index in [1.165, 1.54) is 25.2 Å². The number of para-hydroxylation sites is 1. The van der Waals surface area contributed by atoms with Gasteiger partial charge in [-0.2, -0.15) is 0 Å². The van der Waals surface area contributed by atoms with Gasteiger partial charge in [0.25, 0.3) is 11.6 Å². The molecule has 0 saturated heterocycles. The molecule has 9 heteroatoms. The number of benzene rings is 1. The normalized spacial score (nSPS) is 9.65. The van der Waals surface area contributed by atoms with E-state index < -0.39 is 16.9 Å². The molecule has 0 aliphatic heterocycles. The smallest absolute Gasteiger partial charge is 0.312 e. The summed E-state index contributed by atoms with van der Waals surface area (Å²) in [6.07, 6.45) is 0. The lowest BCUT2D eigenvalue weighted by molar-refractivity contribution is -0.384. The molecular formula is C11H15N5O4. The molecule has 0 fully saturated rings. The minimum absolute atomic E-state index is 0.137. The monoisotopic (exact) mass is 281 g/mol. The summed E-state index contributed by atoms with van der Waals surface area (Å²) in [7, 11) is 1.49. The molecule has 0 saturated carbocycles. The summed E-state index contributed by atoms with van der Waals surface area (Å²) >= 11 is 0. The number of nitro groups is 1. The van der Waals surface area contributed by atoms with Crippen molar-refractivity contribution in [3.63, 3.8) is 0 Å². The minimum atomic E-state index is -0.689. The number of nitro benzene ring substituents is 1. The van der Waals surface area contributed by atoms with Gasteiger partial charge in [0.2, 0.25) is 0 Å². The van der Waals surface area contributed by atoms with Gasteiger partial charge in [-0.15, -0.1) is 0 Å². The van der Waals surface area contributed by atoms with Crippen molar-refractivity contribution in [2.24, 2.45) is 5.73 Å². The number of hydrogen-bond donors (Lipinski definition) is 4. The van der Waals surface area contributed by atoms with Gasteiger partial charge in [0.15, 0.2) is 0 Å². The summed E-state index contributed by atoms with van der Waals surface area (Å²) in [5.41, 5.74) is 4.98. The van der Waals surface area contributed by atoms with Crippen LogP contribution in [0.1, 0.15) is 10.4 Å². The van der Waals surface area contributed by atoms with Crippen LogP contribution in [0.25, 0.3) is 0 Å². The molecule has 1 aromatic carbocycles. The number of carbonyl (C=O) groups excluding carboxylic acids is 2. The first-order valence-corrected chi connectivity index (χ1v) is 5.74. The van der Waals surface area contributed by atoms with E-state index in [4.69, 9.17) is 5.73 Å². The average Bonchev–Trinajstić information content (AvgIpc) is 2.42. The number of anilines is 1. The number of amides is 3. The largest absolute Gasteiger partial charge is 0.382 e. The molecule has 0 heterocycles. The first kappa shape index (κ1) is 15.2. The highest BCUT2D eigenvalue weighted by Gasteiger charge is 2.20. The third-order valence-corrected chi connectivity index (χ3v) is 2.44. The summed E-state index contributed by atoms with van der Waals surface area (Å²) in [6.45, 7) is 0.332. The Morgan fingerprint density at radius 3 is 2.50 bits per heavy atom. The van der Waals surface area contributed by atoms with Crippen LogP contribution in [0.5, 0.6) is 0 Å². The van der Waals surface area contributed by atoms with Crippen molar-refractivity contribution in [2.45, 2.75) is 0 Å². The molecule has 0 aromatic heterocycles. The highest BCUT2D eigenvalue weighted by molar-refractivity contribution is 6.01. The number of nitrogens with two attached hydrogens (primary N) is 1. The van der Waals surface area contributed by atoms with Gasteiger partial charge in [0.05, 0.1) is 10.5 Å². The number of carbonyl (C=O) groups is 2. The third-order valence-electron chi connectivity index (χ3n) is 2.44. The molecule has 9 nitrogen and oxygen atoms in total. The van der Waals surface area contributed by atoms with Crippen LogP contribution < -0.4 is 21.7 Å². The van der Waals surface area contributed by atoms with E-state index in [1.807, 2.05) is 0 Å². The summed E-state index contributed by atoms with van der Waals surface area (Å²) < 4.78 is 0. The van der Waals surface area contributed by atoms with Gasteiger partial charge >= 0.3 is 6.03 Å². The van der Waals surface area contributed by atoms with Gasteiger partial charge in [-0.3, -0.25) is 14.9 Å². The van der Waals surface area contributed by atoms with Crippen LogP contribution in [0, 0.1) is 10.1 Å². The molecule has 0 aliphatic carbocycles. The number of nitrogens with one attached hydrogen (secondary N) is 3. The van der Waals surface area contributed by atoms with Gasteiger partial charge < -0.3 is 21.7 Å². The van der Waals surface area contributed by atoms with Gasteiger partial charge in [0, 0.05) is 26.2 Å². The Kier molecular flexibility index (Phi) is 5.27. The lowest BCUT2D eigenvalue weighted by Gasteiger charge is -2.10. The Labute approximate surface area is 114 Å². The van der Waals surface area contributed by atoms with Gasteiger partial charge in [-0.1, -0.05) is 6.07 Å². The molecule has 1 rings (SSSR count).